The Bertz CT molecular complexity index is 492. The van der Waals surface area contributed by atoms with Crippen molar-refractivity contribution in [3.05, 3.63) is 24.8 Å². The molecular formula is C13H18N3O4W-. The Morgan fingerprint density at radius 3 is 2.90 bits per heavy atom. The summed E-state index contributed by atoms with van der Waals surface area (Å²) >= 11 is 0. The van der Waals surface area contributed by atoms with Crippen LogP contribution in [-0.4, -0.2) is 51.6 Å². The number of nitrogens with zero attached hydrogens (tertiary/aromatic N) is 3. The third-order valence-electron chi connectivity index (χ3n) is 3.23. The molecule has 0 saturated carbocycles. The second-order valence-corrected chi connectivity index (χ2v) is 4.61. The van der Waals surface area contributed by atoms with Gasteiger partial charge in [-0.25, -0.2) is 14.8 Å². The number of oxazole rings is 1. The monoisotopic (exact) mass is 464 g/mol. The first-order chi connectivity index (χ1) is 9.61. The van der Waals surface area contributed by atoms with Gasteiger partial charge in [0.05, 0.1) is 0 Å². The standard InChI is InChI=1S/C13H18N3O4.W/c1-2-15-7-4-6-12(17)16(15)8-3-5-11-14-10(9-20-11)13(18)19;/h9H,1-8H2,(H,18,19);/q-1;. The zero-order valence-electron chi connectivity index (χ0n) is 11.7. The first-order valence-electron chi connectivity index (χ1n) is 6.64. The average molecular weight is 464 g/mol. The number of hydrazine groups is 1. The Kier molecular flexibility index (Phi) is 7.05. The van der Waals surface area contributed by atoms with Crippen LogP contribution in [0.3, 0.4) is 0 Å². The Morgan fingerprint density at radius 2 is 2.29 bits per heavy atom. The fourth-order valence-electron chi connectivity index (χ4n) is 2.22. The number of carbonyl (C=O) groups excluding carboxylic acids is 1. The number of aromatic carboxylic acids is 1. The van der Waals surface area contributed by atoms with Gasteiger partial charge < -0.3 is 16.4 Å². The van der Waals surface area contributed by atoms with Gasteiger partial charge in [0.1, 0.15) is 6.26 Å². The number of aryl methyl sites for hydroxylation is 1. The molecule has 2 rings (SSSR count). The smallest absolute Gasteiger partial charge is 0.357 e. The van der Waals surface area contributed by atoms with Crippen molar-refractivity contribution in [2.75, 3.05) is 19.6 Å². The maximum atomic E-state index is 11.8. The predicted molar refractivity (Wildman–Crippen MR) is 69.7 cm³/mol. The minimum absolute atomic E-state index is 0. The van der Waals surface area contributed by atoms with Crippen LogP contribution in [0.25, 0.3) is 0 Å². The summed E-state index contributed by atoms with van der Waals surface area (Å²) in [5.41, 5.74) is -0.0894. The van der Waals surface area contributed by atoms with Crippen LogP contribution in [0.15, 0.2) is 10.7 Å². The second-order valence-electron chi connectivity index (χ2n) is 4.61. The first kappa shape index (κ1) is 17.8. The van der Waals surface area contributed by atoms with E-state index in [2.05, 4.69) is 11.9 Å². The minimum Gasteiger partial charge on any atom is -0.476 e. The molecule has 0 bridgehead atoms. The molecule has 0 atom stereocenters. The van der Waals surface area contributed by atoms with Crippen LogP contribution in [0.1, 0.15) is 35.6 Å². The Morgan fingerprint density at radius 1 is 1.52 bits per heavy atom. The number of amides is 1. The van der Waals surface area contributed by atoms with E-state index in [0.717, 1.165) is 19.2 Å². The van der Waals surface area contributed by atoms with Gasteiger partial charge in [-0.1, -0.05) is 0 Å². The maximum absolute atomic E-state index is 11.8. The molecule has 0 aromatic carbocycles. The largest absolute Gasteiger partial charge is 0.476 e. The van der Waals surface area contributed by atoms with E-state index in [4.69, 9.17) is 9.52 Å². The number of carbonyl (C=O) groups is 2. The molecule has 0 radical (unpaired) electrons. The fourth-order valence-corrected chi connectivity index (χ4v) is 2.22. The third kappa shape index (κ3) is 4.64. The summed E-state index contributed by atoms with van der Waals surface area (Å²) in [6.07, 6.45) is 3.74. The van der Waals surface area contributed by atoms with Crippen molar-refractivity contribution in [1.29, 1.82) is 0 Å². The summed E-state index contributed by atoms with van der Waals surface area (Å²) in [5, 5.41) is 12.4. The van der Waals surface area contributed by atoms with Gasteiger partial charge >= 0.3 is 5.97 Å². The van der Waals surface area contributed by atoms with Gasteiger partial charge in [-0.3, -0.25) is 9.80 Å². The Balaban J connectivity index is 0.00000220. The molecular weight excluding hydrogens is 446 g/mol. The first-order valence-corrected chi connectivity index (χ1v) is 6.64. The van der Waals surface area contributed by atoms with Gasteiger partial charge in [0.15, 0.2) is 11.6 Å². The zero-order valence-corrected chi connectivity index (χ0v) is 14.6. The molecule has 7 nitrogen and oxygen atoms in total. The molecule has 1 aromatic rings. The molecule has 1 aliphatic heterocycles. The summed E-state index contributed by atoms with van der Waals surface area (Å²) in [6, 6.07) is 0. The summed E-state index contributed by atoms with van der Waals surface area (Å²) in [6.45, 7) is 5.80. The van der Waals surface area contributed by atoms with Gasteiger partial charge in [0, 0.05) is 47.0 Å². The van der Waals surface area contributed by atoms with Gasteiger partial charge in [-0.2, -0.15) is 0 Å². The van der Waals surface area contributed by atoms with Crippen molar-refractivity contribution in [2.45, 2.75) is 25.7 Å². The number of aromatic nitrogens is 1. The molecule has 21 heavy (non-hydrogen) atoms. The normalized spacial score (nSPS) is 15.9. The van der Waals surface area contributed by atoms with Crippen LogP contribution in [-0.2, 0) is 32.3 Å². The van der Waals surface area contributed by atoms with Crippen molar-refractivity contribution in [2.24, 2.45) is 0 Å². The number of hydrogen-bond donors (Lipinski definition) is 1. The SMILES string of the molecule is [CH2-]CN1CCCC(=O)N1CCCc1nc(C(=O)O)co1.[W]. The Labute approximate surface area is 137 Å². The topological polar surface area (TPSA) is 86.9 Å². The van der Waals surface area contributed by atoms with Crippen molar-refractivity contribution in [3.8, 4) is 0 Å². The second kappa shape index (κ2) is 8.29. The van der Waals surface area contributed by atoms with Gasteiger partial charge in [0.2, 0.25) is 5.91 Å². The van der Waals surface area contributed by atoms with E-state index in [1.807, 2.05) is 5.01 Å². The molecule has 1 aromatic heterocycles. The van der Waals surface area contributed by atoms with Crippen LogP contribution in [0.5, 0.6) is 0 Å². The molecule has 2 heterocycles. The van der Waals surface area contributed by atoms with Gasteiger partial charge in [0.25, 0.3) is 0 Å². The Hall–Kier alpha value is -1.20. The van der Waals surface area contributed by atoms with Crippen molar-refractivity contribution >= 4 is 11.9 Å². The summed E-state index contributed by atoms with van der Waals surface area (Å²) in [4.78, 5) is 26.4. The van der Waals surface area contributed by atoms with E-state index in [1.165, 1.54) is 0 Å². The van der Waals surface area contributed by atoms with Crippen LogP contribution >= 0.6 is 0 Å². The minimum atomic E-state index is -1.10. The molecule has 1 N–H and O–H groups in total. The quantitative estimate of drug-likeness (QED) is 0.632. The van der Waals surface area contributed by atoms with Crippen molar-refractivity contribution in [3.63, 3.8) is 0 Å². The van der Waals surface area contributed by atoms with Crippen molar-refractivity contribution in [1.82, 2.24) is 15.0 Å². The van der Waals surface area contributed by atoms with Gasteiger partial charge in [-0.15, -0.1) is 6.54 Å². The van der Waals surface area contributed by atoms with Crippen LogP contribution in [0.2, 0.25) is 0 Å². The molecule has 0 spiro atoms. The molecule has 0 unspecified atom stereocenters. The molecule has 0 aliphatic carbocycles. The van der Waals surface area contributed by atoms with E-state index < -0.39 is 5.97 Å². The van der Waals surface area contributed by atoms with E-state index >= 15 is 0 Å². The molecule has 8 heteroatoms. The number of rotatable bonds is 6. The fraction of sp³-hybridized carbons (Fsp3) is 0.538. The maximum Gasteiger partial charge on any atom is 0.357 e. The summed E-state index contributed by atoms with van der Waals surface area (Å²) in [5.74, 6) is -0.610. The number of carboxylic acids is 1. The van der Waals surface area contributed by atoms with E-state index in [9.17, 15) is 9.59 Å². The zero-order chi connectivity index (χ0) is 14.5. The molecule has 1 amide bonds. The van der Waals surface area contributed by atoms with E-state index in [1.54, 1.807) is 5.01 Å². The third-order valence-corrected chi connectivity index (χ3v) is 3.23. The average Bonchev–Trinajstić information content (AvgIpc) is 2.89. The van der Waals surface area contributed by atoms with Crippen LogP contribution < -0.4 is 0 Å². The van der Waals surface area contributed by atoms with E-state index in [-0.39, 0.29) is 32.7 Å². The molecule has 116 valence electrons. The number of carboxylic acid groups (broad SMARTS) is 1. The van der Waals surface area contributed by atoms with Crippen LogP contribution in [0.4, 0.5) is 0 Å². The molecule has 1 fully saturated rings. The summed E-state index contributed by atoms with van der Waals surface area (Å²) < 4.78 is 5.07. The van der Waals surface area contributed by atoms with Crippen LogP contribution in [0, 0.1) is 6.92 Å². The molecule has 1 saturated heterocycles. The molecule has 1 aliphatic rings. The van der Waals surface area contributed by atoms with Crippen molar-refractivity contribution < 1.29 is 40.2 Å². The predicted octanol–water partition coefficient (Wildman–Crippen LogP) is 0.976. The van der Waals surface area contributed by atoms with E-state index in [0.29, 0.717) is 38.2 Å². The summed E-state index contributed by atoms with van der Waals surface area (Å²) in [7, 11) is 0. The van der Waals surface area contributed by atoms with Gasteiger partial charge in [-0.05, 0) is 12.8 Å². The number of hydrogen-bond acceptors (Lipinski definition) is 5.